The maximum atomic E-state index is 9.37. The Labute approximate surface area is 162 Å². The van der Waals surface area contributed by atoms with Crippen molar-refractivity contribution in [2.45, 2.75) is 19.3 Å². The van der Waals surface area contributed by atoms with E-state index >= 15 is 0 Å². The summed E-state index contributed by atoms with van der Waals surface area (Å²) in [6.07, 6.45) is 8.19. The lowest BCUT2D eigenvalue weighted by Gasteiger charge is -2.23. The molecule has 5 heteroatoms. The Kier molecular flexibility index (Phi) is 3.57. The first-order chi connectivity index (χ1) is 13.7. The molecule has 0 fully saturated rings. The van der Waals surface area contributed by atoms with Gasteiger partial charge in [-0.25, -0.2) is 0 Å². The molecule has 28 heavy (non-hydrogen) atoms. The fourth-order valence-electron chi connectivity index (χ4n) is 4.64. The summed E-state index contributed by atoms with van der Waals surface area (Å²) in [6, 6.07) is 16.1. The lowest BCUT2D eigenvalue weighted by atomic mass is 9.80. The second-order valence-electron chi connectivity index (χ2n) is 7.48. The molecule has 0 saturated carbocycles. The second-order valence-corrected chi connectivity index (χ2v) is 7.48. The highest BCUT2D eigenvalue weighted by Gasteiger charge is 2.47. The summed E-state index contributed by atoms with van der Waals surface area (Å²) in [6.45, 7) is 0. The predicted molar refractivity (Wildman–Crippen MR) is 104 cm³/mol. The van der Waals surface area contributed by atoms with Crippen molar-refractivity contribution in [2.24, 2.45) is 10.4 Å². The molecule has 2 aliphatic carbocycles. The lowest BCUT2D eigenvalue weighted by Crippen LogP contribution is -2.29. The number of benzene rings is 2. The maximum absolute atomic E-state index is 9.37. The van der Waals surface area contributed by atoms with Crippen LogP contribution in [0.4, 0.5) is 0 Å². The number of nitrogens with zero attached hydrogens (tertiary/aromatic N) is 5. The largest absolute Gasteiger partial charge is 0.205 e. The SMILES string of the molecule is N#CN=C1c2cc(-c3cccc(C#N)c3)ccc2CC12Cc1cnncc1C2. The smallest absolute Gasteiger partial charge is 0.192 e. The van der Waals surface area contributed by atoms with Crippen LogP contribution in [0.25, 0.3) is 11.1 Å². The highest BCUT2D eigenvalue weighted by molar-refractivity contribution is 6.10. The van der Waals surface area contributed by atoms with Crippen LogP contribution >= 0.6 is 0 Å². The van der Waals surface area contributed by atoms with E-state index in [-0.39, 0.29) is 5.41 Å². The van der Waals surface area contributed by atoms with Crippen LogP contribution in [0, 0.1) is 28.2 Å². The fourth-order valence-corrected chi connectivity index (χ4v) is 4.64. The minimum atomic E-state index is -0.196. The molecular formula is C23H15N5. The Morgan fingerprint density at radius 2 is 1.57 bits per heavy atom. The van der Waals surface area contributed by atoms with E-state index in [0.29, 0.717) is 5.56 Å². The molecule has 5 rings (SSSR count). The van der Waals surface area contributed by atoms with Crippen LogP contribution in [-0.2, 0) is 19.3 Å². The van der Waals surface area contributed by atoms with E-state index in [2.05, 4.69) is 39.5 Å². The van der Waals surface area contributed by atoms with Gasteiger partial charge in [0.25, 0.3) is 0 Å². The molecule has 2 aliphatic rings. The van der Waals surface area contributed by atoms with Crippen LogP contribution in [0.3, 0.4) is 0 Å². The molecule has 1 heterocycles. The highest BCUT2D eigenvalue weighted by Crippen LogP contribution is 2.48. The molecule has 0 saturated heterocycles. The molecule has 2 aromatic carbocycles. The molecule has 0 unspecified atom stereocenters. The van der Waals surface area contributed by atoms with Crippen molar-refractivity contribution in [3.63, 3.8) is 0 Å². The first-order valence-corrected chi connectivity index (χ1v) is 9.12. The van der Waals surface area contributed by atoms with Gasteiger partial charge in [0.2, 0.25) is 6.19 Å². The third kappa shape index (κ3) is 2.41. The van der Waals surface area contributed by atoms with Crippen molar-refractivity contribution in [3.8, 4) is 23.4 Å². The van der Waals surface area contributed by atoms with Gasteiger partial charge in [0.15, 0.2) is 0 Å². The average molecular weight is 361 g/mol. The summed E-state index contributed by atoms with van der Waals surface area (Å²) in [4.78, 5) is 4.28. The molecule has 0 atom stereocenters. The maximum Gasteiger partial charge on any atom is 0.205 e. The molecule has 0 N–H and O–H groups in total. The molecule has 0 bridgehead atoms. The van der Waals surface area contributed by atoms with Gasteiger partial charge in [-0.3, -0.25) is 0 Å². The molecule has 0 amide bonds. The van der Waals surface area contributed by atoms with Gasteiger partial charge in [0, 0.05) is 11.0 Å². The van der Waals surface area contributed by atoms with Crippen LogP contribution in [0.1, 0.15) is 27.8 Å². The Bertz CT molecular complexity index is 1200. The molecular weight excluding hydrogens is 346 g/mol. The molecule has 1 aromatic heterocycles. The van der Waals surface area contributed by atoms with Gasteiger partial charge in [-0.1, -0.05) is 24.3 Å². The van der Waals surface area contributed by atoms with Crippen LogP contribution in [-0.4, -0.2) is 15.9 Å². The third-order valence-electron chi connectivity index (χ3n) is 5.85. The minimum absolute atomic E-state index is 0.196. The summed E-state index contributed by atoms with van der Waals surface area (Å²) < 4.78 is 0. The van der Waals surface area contributed by atoms with E-state index in [9.17, 15) is 10.5 Å². The van der Waals surface area contributed by atoms with E-state index in [0.717, 1.165) is 41.7 Å². The predicted octanol–water partition coefficient (Wildman–Crippen LogP) is 3.63. The van der Waals surface area contributed by atoms with E-state index in [1.807, 2.05) is 36.8 Å². The van der Waals surface area contributed by atoms with E-state index in [4.69, 9.17) is 0 Å². The van der Waals surface area contributed by atoms with Crippen LogP contribution in [0.5, 0.6) is 0 Å². The van der Waals surface area contributed by atoms with Gasteiger partial charge in [-0.05, 0) is 65.3 Å². The van der Waals surface area contributed by atoms with E-state index < -0.39 is 0 Å². The zero-order chi connectivity index (χ0) is 19.1. The van der Waals surface area contributed by atoms with Gasteiger partial charge in [-0.2, -0.15) is 25.7 Å². The molecule has 1 spiro atoms. The lowest BCUT2D eigenvalue weighted by molar-refractivity contribution is 0.459. The number of rotatable bonds is 1. The minimum Gasteiger partial charge on any atom is -0.192 e. The second kappa shape index (κ2) is 6.11. The third-order valence-corrected chi connectivity index (χ3v) is 5.85. The van der Waals surface area contributed by atoms with Gasteiger partial charge in [0.1, 0.15) is 0 Å². The van der Waals surface area contributed by atoms with Crippen molar-refractivity contribution in [3.05, 3.63) is 82.7 Å². The number of fused-ring (bicyclic) bond motifs is 2. The Morgan fingerprint density at radius 1 is 0.857 bits per heavy atom. The number of hydrogen-bond acceptors (Lipinski definition) is 5. The quantitative estimate of drug-likeness (QED) is 0.620. The average Bonchev–Trinajstić information content (AvgIpc) is 3.25. The molecule has 3 aromatic rings. The monoisotopic (exact) mass is 361 g/mol. The van der Waals surface area contributed by atoms with Crippen molar-refractivity contribution >= 4 is 5.71 Å². The van der Waals surface area contributed by atoms with E-state index in [1.54, 1.807) is 6.07 Å². The standard InChI is InChI=1S/C23H15N5/c24-11-15-2-1-3-16(6-15)17-4-5-18-8-23(22(26-14-25)21(18)7-17)9-19-12-27-28-13-20(19)10-23/h1-7,12-13H,8-10H2. The summed E-state index contributed by atoms with van der Waals surface area (Å²) in [7, 11) is 0. The van der Waals surface area contributed by atoms with Crippen molar-refractivity contribution in [1.82, 2.24) is 10.2 Å². The first kappa shape index (κ1) is 16.4. The van der Waals surface area contributed by atoms with Crippen molar-refractivity contribution in [2.75, 3.05) is 0 Å². The summed E-state index contributed by atoms with van der Waals surface area (Å²) >= 11 is 0. The van der Waals surface area contributed by atoms with Crippen LogP contribution in [0.2, 0.25) is 0 Å². The molecule has 132 valence electrons. The summed E-state index contributed by atoms with van der Waals surface area (Å²) in [5.74, 6) is 0. The number of nitriles is 2. The number of aromatic nitrogens is 2. The Hall–Kier alpha value is -3.83. The molecule has 0 radical (unpaired) electrons. The van der Waals surface area contributed by atoms with Crippen molar-refractivity contribution in [1.29, 1.82) is 10.5 Å². The van der Waals surface area contributed by atoms with Crippen molar-refractivity contribution < 1.29 is 0 Å². The number of hydrogen-bond donors (Lipinski definition) is 0. The summed E-state index contributed by atoms with van der Waals surface area (Å²) in [5.41, 5.74) is 7.94. The highest BCUT2D eigenvalue weighted by atomic mass is 15.1. The van der Waals surface area contributed by atoms with Gasteiger partial charge < -0.3 is 0 Å². The van der Waals surface area contributed by atoms with Gasteiger partial charge >= 0.3 is 0 Å². The van der Waals surface area contributed by atoms with Crippen LogP contribution in [0.15, 0.2) is 59.9 Å². The summed E-state index contributed by atoms with van der Waals surface area (Å²) in [5, 5.41) is 26.6. The van der Waals surface area contributed by atoms with E-state index in [1.165, 1.54) is 16.7 Å². The Balaban J connectivity index is 1.61. The topological polar surface area (TPSA) is 85.7 Å². The fraction of sp³-hybridized carbons (Fsp3) is 0.174. The molecule has 5 nitrogen and oxygen atoms in total. The molecule has 0 aliphatic heterocycles. The first-order valence-electron chi connectivity index (χ1n) is 9.12. The van der Waals surface area contributed by atoms with Gasteiger partial charge in [0.05, 0.1) is 29.7 Å². The zero-order valence-corrected chi connectivity index (χ0v) is 15.1. The Morgan fingerprint density at radius 3 is 2.29 bits per heavy atom. The van der Waals surface area contributed by atoms with Crippen LogP contribution < -0.4 is 0 Å². The van der Waals surface area contributed by atoms with Gasteiger partial charge in [-0.15, -0.1) is 0 Å². The zero-order valence-electron chi connectivity index (χ0n) is 15.1. The normalized spacial score (nSPS) is 17.1. The number of aliphatic imine (C=N–C) groups is 1.